The van der Waals surface area contributed by atoms with E-state index in [1.807, 2.05) is 24.3 Å². The Bertz CT molecular complexity index is 584. The quantitative estimate of drug-likeness (QED) is 0.841. The summed E-state index contributed by atoms with van der Waals surface area (Å²) in [6, 6.07) is 7.07. The van der Waals surface area contributed by atoms with Crippen LogP contribution >= 0.6 is 0 Å². The van der Waals surface area contributed by atoms with E-state index >= 15 is 0 Å². The summed E-state index contributed by atoms with van der Waals surface area (Å²) in [7, 11) is 0. The molecule has 0 saturated carbocycles. The molecule has 6 heteroatoms. The zero-order valence-electron chi connectivity index (χ0n) is 13.3. The number of carbonyl (C=O) groups excluding carboxylic acids is 2. The summed E-state index contributed by atoms with van der Waals surface area (Å²) in [5, 5.41) is 2.62. The third kappa shape index (κ3) is 3.89. The highest BCUT2D eigenvalue weighted by atomic mass is 16.5. The molecule has 2 aliphatic heterocycles. The third-order valence-corrected chi connectivity index (χ3v) is 4.21. The van der Waals surface area contributed by atoms with E-state index in [0.717, 1.165) is 37.2 Å². The van der Waals surface area contributed by atoms with Crippen molar-refractivity contribution >= 4 is 11.9 Å². The van der Waals surface area contributed by atoms with Gasteiger partial charge in [-0.3, -0.25) is 9.69 Å². The Kier molecular flexibility index (Phi) is 4.93. The monoisotopic (exact) mass is 318 g/mol. The van der Waals surface area contributed by atoms with Gasteiger partial charge in [0.25, 0.3) is 5.91 Å². The number of amides is 3. The zero-order valence-corrected chi connectivity index (χ0v) is 13.3. The zero-order chi connectivity index (χ0) is 16.2. The number of benzene rings is 1. The van der Waals surface area contributed by atoms with Gasteiger partial charge in [0.05, 0.1) is 19.3 Å². The summed E-state index contributed by atoms with van der Waals surface area (Å²) >= 11 is 0. The van der Waals surface area contributed by atoms with E-state index < -0.39 is 6.04 Å². The van der Waals surface area contributed by atoms with Crippen LogP contribution in [0.4, 0.5) is 4.79 Å². The maximum absolute atomic E-state index is 11.9. The van der Waals surface area contributed by atoms with Crippen molar-refractivity contribution in [2.75, 3.05) is 13.2 Å². The average Bonchev–Trinajstić information content (AvgIpc) is 2.81. The van der Waals surface area contributed by atoms with Crippen LogP contribution < -0.4 is 5.32 Å². The summed E-state index contributed by atoms with van der Waals surface area (Å²) < 4.78 is 11.2. The molecule has 0 unspecified atom stereocenters. The number of hydrogen-bond acceptors (Lipinski definition) is 4. The molecule has 0 spiro atoms. The van der Waals surface area contributed by atoms with Crippen LogP contribution in [0, 0.1) is 0 Å². The molecule has 1 aromatic rings. The molecule has 1 N–H and O–H groups in total. The smallest absolute Gasteiger partial charge is 0.325 e. The number of nitrogens with one attached hydrogen (secondary N) is 1. The maximum Gasteiger partial charge on any atom is 0.325 e. The van der Waals surface area contributed by atoms with Gasteiger partial charge < -0.3 is 14.8 Å². The predicted molar refractivity (Wildman–Crippen MR) is 83.6 cm³/mol. The van der Waals surface area contributed by atoms with Gasteiger partial charge in [-0.15, -0.1) is 0 Å². The lowest BCUT2D eigenvalue weighted by Gasteiger charge is -2.22. The first-order valence-corrected chi connectivity index (χ1v) is 8.02. The van der Waals surface area contributed by atoms with Gasteiger partial charge in [-0.25, -0.2) is 4.79 Å². The van der Waals surface area contributed by atoms with Crippen LogP contribution in [0.1, 0.15) is 30.9 Å². The summed E-state index contributed by atoms with van der Waals surface area (Å²) in [5.41, 5.74) is 1.98. The van der Waals surface area contributed by atoms with Gasteiger partial charge in [-0.2, -0.15) is 0 Å². The van der Waals surface area contributed by atoms with Crippen LogP contribution in [0.3, 0.4) is 0 Å². The molecule has 2 saturated heterocycles. The SMILES string of the molecule is C[C@@H]1NC(=O)N(Cc2cccc(COC3CCOCC3)c2)C1=O. The third-order valence-electron chi connectivity index (χ3n) is 4.21. The van der Waals surface area contributed by atoms with E-state index in [-0.39, 0.29) is 18.0 Å². The highest BCUT2D eigenvalue weighted by Gasteiger charge is 2.34. The van der Waals surface area contributed by atoms with Crippen molar-refractivity contribution in [2.24, 2.45) is 0 Å². The largest absolute Gasteiger partial charge is 0.381 e. The van der Waals surface area contributed by atoms with Crippen molar-refractivity contribution in [3.63, 3.8) is 0 Å². The molecule has 2 heterocycles. The van der Waals surface area contributed by atoms with Crippen molar-refractivity contribution in [3.8, 4) is 0 Å². The van der Waals surface area contributed by atoms with Crippen LogP contribution in [0.2, 0.25) is 0 Å². The van der Waals surface area contributed by atoms with Gasteiger partial charge in [0.1, 0.15) is 6.04 Å². The minimum absolute atomic E-state index is 0.182. The molecular weight excluding hydrogens is 296 g/mol. The molecule has 2 aliphatic rings. The lowest BCUT2D eigenvalue weighted by atomic mass is 10.1. The lowest BCUT2D eigenvalue weighted by molar-refractivity contribution is -0.127. The van der Waals surface area contributed by atoms with E-state index in [2.05, 4.69) is 5.32 Å². The van der Waals surface area contributed by atoms with E-state index in [1.165, 1.54) is 4.90 Å². The average molecular weight is 318 g/mol. The summed E-state index contributed by atoms with van der Waals surface area (Å²) in [5.74, 6) is -0.182. The Morgan fingerprint density at radius 1 is 1.26 bits per heavy atom. The van der Waals surface area contributed by atoms with Gasteiger partial charge in [0.2, 0.25) is 0 Å². The first-order chi connectivity index (χ1) is 11.1. The summed E-state index contributed by atoms with van der Waals surface area (Å²) in [6.07, 6.45) is 2.11. The normalized spacial score (nSPS) is 22.5. The fourth-order valence-corrected chi connectivity index (χ4v) is 2.87. The number of hydrogen-bond donors (Lipinski definition) is 1. The number of urea groups is 1. The van der Waals surface area contributed by atoms with Gasteiger partial charge in [-0.1, -0.05) is 24.3 Å². The lowest BCUT2D eigenvalue weighted by Crippen LogP contribution is -2.30. The molecule has 0 bridgehead atoms. The van der Waals surface area contributed by atoms with Gasteiger partial charge in [0.15, 0.2) is 0 Å². The predicted octanol–water partition coefficient (Wildman–Crippen LogP) is 1.82. The Morgan fingerprint density at radius 3 is 2.70 bits per heavy atom. The summed E-state index contributed by atoms with van der Waals surface area (Å²) in [6.45, 7) is 4.04. The fourth-order valence-electron chi connectivity index (χ4n) is 2.87. The molecule has 23 heavy (non-hydrogen) atoms. The van der Waals surface area contributed by atoms with Gasteiger partial charge in [0, 0.05) is 13.2 Å². The highest BCUT2D eigenvalue weighted by molar-refractivity contribution is 6.03. The van der Waals surface area contributed by atoms with Crippen molar-refractivity contribution in [1.82, 2.24) is 10.2 Å². The van der Waals surface area contributed by atoms with Gasteiger partial charge >= 0.3 is 6.03 Å². The van der Waals surface area contributed by atoms with Crippen molar-refractivity contribution in [2.45, 2.75) is 45.1 Å². The standard InChI is InChI=1S/C17H22N2O4/c1-12-16(20)19(17(21)18-12)10-13-3-2-4-14(9-13)11-23-15-5-7-22-8-6-15/h2-4,9,12,15H,5-8,10-11H2,1H3,(H,18,21)/t12-/m0/s1. The molecule has 124 valence electrons. The van der Waals surface area contributed by atoms with Gasteiger partial charge in [-0.05, 0) is 30.9 Å². The topological polar surface area (TPSA) is 67.9 Å². The van der Waals surface area contributed by atoms with Crippen molar-refractivity contribution in [1.29, 1.82) is 0 Å². The second-order valence-electron chi connectivity index (χ2n) is 6.04. The minimum Gasteiger partial charge on any atom is -0.381 e. The number of imide groups is 1. The van der Waals surface area contributed by atoms with Crippen LogP contribution in [0.15, 0.2) is 24.3 Å². The molecule has 3 amide bonds. The number of carbonyl (C=O) groups is 2. The highest BCUT2D eigenvalue weighted by Crippen LogP contribution is 2.16. The molecule has 0 aliphatic carbocycles. The van der Waals surface area contributed by atoms with E-state index in [0.29, 0.717) is 13.2 Å². The molecule has 0 radical (unpaired) electrons. The summed E-state index contributed by atoms with van der Waals surface area (Å²) in [4.78, 5) is 25.0. The fraction of sp³-hybridized carbons (Fsp3) is 0.529. The van der Waals surface area contributed by atoms with E-state index in [4.69, 9.17) is 9.47 Å². The number of ether oxygens (including phenoxy) is 2. The second-order valence-corrected chi connectivity index (χ2v) is 6.04. The van der Waals surface area contributed by atoms with Crippen molar-refractivity contribution in [3.05, 3.63) is 35.4 Å². The first kappa shape index (κ1) is 16.0. The molecule has 0 aromatic heterocycles. The Balaban J connectivity index is 1.58. The van der Waals surface area contributed by atoms with Crippen LogP contribution in [0.5, 0.6) is 0 Å². The number of nitrogens with zero attached hydrogens (tertiary/aromatic N) is 1. The van der Waals surface area contributed by atoms with Crippen LogP contribution in [0.25, 0.3) is 0 Å². The second kappa shape index (κ2) is 7.10. The van der Waals surface area contributed by atoms with E-state index in [1.54, 1.807) is 6.92 Å². The molecular formula is C17H22N2O4. The van der Waals surface area contributed by atoms with Crippen molar-refractivity contribution < 1.29 is 19.1 Å². The molecule has 1 aromatic carbocycles. The minimum atomic E-state index is -0.442. The molecule has 2 fully saturated rings. The maximum atomic E-state index is 11.9. The molecule has 6 nitrogen and oxygen atoms in total. The van der Waals surface area contributed by atoms with Crippen LogP contribution in [-0.4, -0.2) is 42.2 Å². The Hall–Kier alpha value is -1.92. The molecule has 3 rings (SSSR count). The Labute approximate surface area is 135 Å². The first-order valence-electron chi connectivity index (χ1n) is 8.02. The Morgan fingerprint density at radius 2 is 2.00 bits per heavy atom. The van der Waals surface area contributed by atoms with Crippen LogP contribution in [-0.2, 0) is 27.4 Å². The molecule has 1 atom stereocenters. The number of rotatable bonds is 5. The van der Waals surface area contributed by atoms with E-state index in [9.17, 15) is 9.59 Å².